The van der Waals surface area contributed by atoms with Crippen LogP contribution < -0.4 is 9.47 Å². The van der Waals surface area contributed by atoms with Crippen molar-refractivity contribution in [3.63, 3.8) is 0 Å². The van der Waals surface area contributed by atoms with E-state index in [1.54, 1.807) is 31.4 Å². The van der Waals surface area contributed by atoms with E-state index in [1.807, 2.05) is 12.1 Å². The van der Waals surface area contributed by atoms with Gasteiger partial charge >= 0.3 is 0 Å². The summed E-state index contributed by atoms with van der Waals surface area (Å²) in [5.41, 5.74) is 1.00. The molecule has 7 heteroatoms. The van der Waals surface area contributed by atoms with Crippen LogP contribution in [-0.2, 0) is 0 Å². The topological polar surface area (TPSA) is 62.2 Å². The molecule has 156 valence electrons. The molecule has 1 saturated heterocycles. The Morgan fingerprint density at radius 1 is 1.14 bits per heavy atom. The lowest BCUT2D eigenvalue weighted by molar-refractivity contribution is 0.178. The van der Waals surface area contributed by atoms with Crippen LogP contribution >= 0.6 is 12.0 Å². The number of benzene rings is 2. The molecule has 4 rings (SSSR count). The fraction of sp³-hybridized carbons (Fsp3) is 0.455. The zero-order chi connectivity index (χ0) is 20.4. The van der Waals surface area contributed by atoms with Gasteiger partial charge in [0.1, 0.15) is 11.5 Å². The quantitative estimate of drug-likeness (QED) is 0.641. The normalized spacial score (nSPS) is 25.0. The minimum Gasteiger partial charge on any atom is -0.508 e. The minimum atomic E-state index is -0.360. The molecular weight excluding hydrogens is 393 g/mol. The number of phenols is 1. The molecular formula is C22H26FNO4S. The van der Waals surface area contributed by atoms with Crippen LogP contribution in [0.5, 0.6) is 17.2 Å². The van der Waals surface area contributed by atoms with Gasteiger partial charge in [-0.3, -0.25) is 0 Å². The van der Waals surface area contributed by atoms with Crippen molar-refractivity contribution >= 4 is 12.0 Å². The Morgan fingerprint density at radius 3 is 2.45 bits per heavy atom. The van der Waals surface area contributed by atoms with Crippen molar-refractivity contribution in [1.82, 2.24) is 4.90 Å². The number of nitrogens with zero attached hydrogens (tertiary/aromatic N) is 1. The Morgan fingerprint density at radius 2 is 1.83 bits per heavy atom. The van der Waals surface area contributed by atoms with Crippen molar-refractivity contribution in [2.24, 2.45) is 11.8 Å². The summed E-state index contributed by atoms with van der Waals surface area (Å²) in [6.45, 7) is 2.68. The largest absolute Gasteiger partial charge is 0.508 e. The van der Waals surface area contributed by atoms with Gasteiger partial charge in [0.05, 0.1) is 18.5 Å². The van der Waals surface area contributed by atoms with E-state index in [0.717, 1.165) is 50.1 Å². The first-order chi connectivity index (χ1) is 14.1. The first kappa shape index (κ1) is 20.3. The zero-order valence-corrected chi connectivity index (χ0v) is 17.1. The molecule has 0 spiro atoms. The van der Waals surface area contributed by atoms with E-state index in [-0.39, 0.29) is 28.7 Å². The highest BCUT2D eigenvalue weighted by Gasteiger charge is 2.42. The fourth-order valence-electron chi connectivity index (χ4n) is 4.59. The average Bonchev–Trinajstić information content (AvgIpc) is 3.26. The van der Waals surface area contributed by atoms with Gasteiger partial charge in [0.25, 0.3) is 0 Å². The predicted octanol–water partition coefficient (Wildman–Crippen LogP) is 4.58. The predicted molar refractivity (Wildman–Crippen MR) is 111 cm³/mol. The maximum atomic E-state index is 14.0. The molecule has 2 aliphatic rings. The van der Waals surface area contributed by atoms with Crippen LogP contribution in [-0.4, -0.2) is 47.4 Å². The van der Waals surface area contributed by atoms with Gasteiger partial charge < -0.3 is 24.0 Å². The fourth-order valence-corrected chi connectivity index (χ4v) is 5.15. The minimum absolute atomic E-state index is 0.0221. The average molecular weight is 420 g/mol. The van der Waals surface area contributed by atoms with E-state index in [2.05, 4.69) is 4.90 Å². The lowest BCUT2D eigenvalue weighted by Gasteiger charge is -2.24. The second-order valence-electron chi connectivity index (χ2n) is 7.93. The number of methoxy groups -OCH3 is 1. The van der Waals surface area contributed by atoms with E-state index < -0.39 is 0 Å². The number of halogens is 1. The third-order valence-electron chi connectivity index (χ3n) is 6.03. The maximum Gasteiger partial charge on any atom is 0.165 e. The lowest BCUT2D eigenvalue weighted by Crippen LogP contribution is -2.28. The molecule has 2 N–H and O–H groups in total. The summed E-state index contributed by atoms with van der Waals surface area (Å²) < 4.78 is 34.9. The van der Waals surface area contributed by atoms with Gasteiger partial charge in [-0.25, -0.2) is 4.39 Å². The third kappa shape index (κ3) is 4.63. The van der Waals surface area contributed by atoms with Crippen LogP contribution in [0.15, 0.2) is 42.5 Å². The maximum absolute atomic E-state index is 14.0. The SMILES string of the molecule is COc1ccc(F)c(O[C@H]2C[C@@H]3CN(CC(SO)c4ccc(O)cc4)C[C@@H]3C2)c1. The lowest BCUT2D eigenvalue weighted by atomic mass is 10.0. The third-order valence-corrected chi connectivity index (χ3v) is 6.71. The first-order valence-electron chi connectivity index (χ1n) is 9.87. The molecule has 1 unspecified atom stereocenters. The van der Waals surface area contributed by atoms with Crippen LogP contribution in [0.2, 0.25) is 0 Å². The van der Waals surface area contributed by atoms with Gasteiger partial charge in [0.15, 0.2) is 11.6 Å². The van der Waals surface area contributed by atoms with E-state index in [1.165, 1.54) is 6.07 Å². The molecule has 0 aromatic heterocycles. The molecule has 4 atom stereocenters. The summed E-state index contributed by atoms with van der Waals surface area (Å²) in [6, 6.07) is 11.6. The molecule has 1 heterocycles. The van der Waals surface area contributed by atoms with Crippen molar-refractivity contribution in [2.75, 3.05) is 26.7 Å². The molecule has 2 aromatic rings. The molecule has 0 bridgehead atoms. The second-order valence-corrected chi connectivity index (χ2v) is 8.71. The molecule has 29 heavy (non-hydrogen) atoms. The van der Waals surface area contributed by atoms with E-state index in [0.29, 0.717) is 17.6 Å². The Balaban J connectivity index is 1.32. The molecule has 1 aliphatic carbocycles. The smallest absolute Gasteiger partial charge is 0.165 e. The molecule has 0 amide bonds. The molecule has 0 radical (unpaired) electrons. The number of ether oxygens (including phenoxy) is 2. The summed E-state index contributed by atoms with van der Waals surface area (Å²) in [5.74, 6) is 1.77. The Kier molecular flexibility index (Phi) is 6.18. The zero-order valence-electron chi connectivity index (χ0n) is 16.3. The highest BCUT2D eigenvalue weighted by atomic mass is 32.2. The van der Waals surface area contributed by atoms with Crippen molar-refractivity contribution < 1.29 is 23.5 Å². The van der Waals surface area contributed by atoms with Gasteiger partial charge in [0, 0.05) is 25.7 Å². The van der Waals surface area contributed by atoms with Gasteiger partial charge in [0.2, 0.25) is 0 Å². The van der Waals surface area contributed by atoms with Gasteiger partial charge in [-0.1, -0.05) is 12.1 Å². The molecule has 1 aliphatic heterocycles. The van der Waals surface area contributed by atoms with E-state index in [9.17, 15) is 14.0 Å². The molecule has 2 fully saturated rings. The molecule has 1 saturated carbocycles. The van der Waals surface area contributed by atoms with Crippen molar-refractivity contribution in [2.45, 2.75) is 24.2 Å². The summed E-state index contributed by atoms with van der Waals surface area (Å²) in [6.07, 6.45) is 1.84. The number of fused-ring (bicyclic) bond motifs is 1. The number of hydrogen-bond acceptors (Lipinski definition) is 6. The second kappa shape index (κ2) is 8.81. The van der Waals surface area contributed by atoms with Crippen LogP contribution in [0.4, 0.5) is 4.39 Å². The highest BCUT2D eigenvalue weighted by Crippen LogP contribution is 2.41. The summed E-state index contributed by atoms with van der Waals surface area (Å²) in [7, 11) is 1.56. The van der Waals surface area contributed by atoms with Gasteiger partial charge in [-0.2, -0.15) is 0 Å². The van der Waals surface area contributed by atoms with Crippen molar-refractivity contribution in [3.05, 3.63) is 53.8 Å². The summed E-state index contributed by atoms with van der Waals surface area (Å²) in [4.78, 5) is 2.39. The number of hydrogen-bond donors (Lipinski definition) is 2. The monoisotopic (exact) mass is 419 g/mol. The first-order valence-corrected chi connectivity index (χ1v) is 10.7. The van der Waals surface area contributed by atoms with Crippen LogP contribution in [0.1, 0.15) is 23.7 Å². The summed E-state index contributed by atoms with van der Waals surface area (Å²) >= 11 is 0.850. The Bertz CT molecular complexity index is 820. The Labute approximate surface area is 174 Å². The molecule has 2 aromatic carbocycles. The molecule has 5 nitrogen and oxygen atoms in total. The van der Waals surface area contributed by atoms with Crippen molar-refractivity contribution in [3.8, 4) is 17.2 Å². The number of aromatic hydroxyl groups is 1. The number of rotatable bonds is 7. The standard InChI is InChI=1S/C22H26FNO4S/c1-27-18-6-7-20(23)21(10-18)28-19-8-15-11-24(12-16(15)9-19)13-22(29-26)14-2-4-17(25)5-3-14/h2-7,10,15-16,19,22,25-26H,8-9,11-13H2,1H3/t15-,16+,19+,22?. The van der Waals surface area contributed by atoms with E-state index in [4.69, 9.17) is 9.47 Å². The van der Waals surface area contributed by atoms with E-state index >= 15 is 0 Å². The van der Waals surface area contributed by atoms with Gasteiger partial charge in [-0.15, -0.1) is 0 Å². The highest BCUT2D eigenvalue weighted by molar-refractivity contribution is 7.94. The summed E-state index contributed by atoms with van der Waals surface area (Å²) in [5, 5.41) is 9.41. The van der Waals surface area contributed by atoms with Crippen molar-refractivity contribution in [1.29, 1.82) is 0 Å². The van der Waals surface area contributed by atoms with Crippen LogP contribution in [0, 0.1) is 17.7 Å². The van der Waals surface area contributed by atoms with Crippen LogP contribution in [0.25, 0.3) is 0 Å². The number of phenolic OH excluding ortho intramolecular Hbond substituents is 1. The van der Waals surface area contributed by atoms with Crippen LogP contribution in [0.3, 0.4) is 0 Å². The van der Waals surface area contributed by atoms with Gasteiger partial charge in [-0.05, 0) is 66.5 Å². The number of likely N-dealkylation sites (tertiary alicyclic amines) is 1. The Hall–Kier alpha value is -1.96.